The van der Waals surface area contributed by atoms with E-state index < -0.39 is 16.0 Å². The van der Waals surface area contributed by atoms with Crippen LogP contribution in [0.5, 0.6) is 0 Å². The van der Waals surface area contributed by atoms with Gasteiger partial charge < -0.3 is 9.64 Å². The van der Waals surface area contributed by atoms with Crippen LogP contribution in [0.15, 0.2) is 53.4 Å². The van der Waals surface area contributed by atoms with E-state index >= 15 is 0 Å². The topological polar surface area (TPSA) is 84.0 Å². The van der Waals surface area contributed by atoms with E-state index in [1.165, 1.54) is 20.1 Å². The van der Waals surface area contributed by atoms with Crippen molar-refractivity contribution in [3.63, 3.8) is 0 Å². The van der Waals surface area contributed by atoms with Crippen molar-refractivity contribution in [3.8, 4) is 0 Å². The number of amides is 1. The van der Waals surface area contributed by atoms with E-state index in [1.807, 2.05) is 18.2 Å². The minimum absolute atomic E-state index is 0.0505. The normalized spacial score (nSPS) is 13.5. The van der Waals surface area contributed by atoms with Gasteiger partial charge in [0, 0.05) is 25.7 Å². The third kappa shape index (κ3) is 4.07. The fraction of sp³-hybridized carbons (Fsp3) is 0.300. The van der Waals surface area contributed by atoms with Crippen LogP contribution in [-0.2, 0) is 37.3 Å². The van der Waals surface area contributed by atoms with Gasteiger partial charge in [-0.05, 0) is 35.7 Å². The molecule has 2 aromatic rings. The van der Waals surface area contributed by atoms with Gasteiger partial charge in [0.25, 0.3) is 0 Å². The second-order valence-electron chi connectivity index (χ2n) is 6.55. The van der Waals surface area contributed by atoms with Gasteiger partial charge in [0.15, 0.2) is 0 Å². The molecule has 3 rings (SSSR count). The molecule has 0 aliphatic carbocycles. The summed E-state index contributed by atoms with van der Waals surface area (Å²) >= 11 is 0. The first-order valence-electron chi connectivity index (χ1n) is 8.85. The predicted molar refractivity (Wildman–Crippen MR) is 104 cm³/mol. The largest absolute Gasteiger partial charge is 0.468 e. The van der Waals surface area contributed by atoms with Crippen molar-refractivity contribution in [3.05, 3.63) is 59.7 Å². The maximum absolute atomic E-state index is 13.2. The quantitative estimate of drug-likeness (QED) is 0.690. The number of ether oxygens (including phenoxy) is 1. The SMILES string of the molecule is COC(=O)CN(Cc1ccccc1)S(=O)(=O)c1ccc2c(c1)CCN2C(C)=O. The molecule has 0 aromatic heterocycles. The van der Waals surface area contributed by atoms with Crippen LogP contribution in [0.25, 0.3) is 0 Å². The number of rotatable bonds is 6. The van der Waals surface area contributed by atoms with Gasteiger partial charge in [0.2, 0.25) is 15.9 Å². The van der Waals surface area contributed by atoms with Gasteiger partial charge in [-0.15, -0.1) is 0 Å². The molecule has 1 heterocycles. The van der Waals surface area contributed by atoms with Crippen molar-refractivity contribution in [1.29, 1.82) is 0 Å². The van der Waals surface area contributed by atoms with Crippen LogP contribution < -0.4 is 4.90 Å². The van der Waals surface area contributed by atoms with E-state index in [0.29, 0.717) is 13.0 Å². The number of anilines is 1. The van der Waals surface area contributed by atoms with Crippen LogP contribution in [0.4, 0.5) is 5.69 Å². The van der Waals surface area contributed by atoms with Gasteiger partial charge in [-0.25, -0.2) is 8.42 Å². The average molecular weight is 402 g/mol. The lowest BCUT2D eigenvalue weighted by Crippen LogP contribution is -2.35. The van der Waals surface area contributed by atoms with Crippen LogP contribution in [0.3, 0.4) is 0 Å². The van der Waals surface area contributed by atoms with Crippen LogP contribution in [-0.4, -0.2) is 44.8 Å². The summed E-state index contributed by atoms with van der Waals surface area (Å²) in [6.45, 7) is 1.68. The molecule has 1 aliphatic rings. The highest BCUT2D eigenvalue weighted by Gasteiger charge is 2.30. The second kappa shape index (κ2) is 8.12. The minimum atomic E-state index is -3.93. The summed E-state index contributed by atoms with van der Waals surface area (Å²) in [7, 11) is -2.71. The van der Waals surface area contributed by atoms with Crippen molar-refractivity contribution >= 4 is 27.6 Å². The first-order chi connectivity index (χ1) is 13.3. The lowest BCUT2D eigenvalue weighted by molar-refractivity contribution is -0.140. The summed E-state index contributed by atoms with van der Waals surface area (Å²) in [4.78, 5) is 25.2. The van der Waals surface area contributed by atoms with Crippen molar-refractivity contribution in [2.75, 3.05) is 25.1 Å². The number of carbonyl (C=O) groups is 2. The van der Waals surface area contributed by atoms with Crippen molar-refractivity contribution in [2.24, 2.45) is 0 Å². The van der Waals surface area contributed by atoms with E-state index in [0.717, 1.165) is 21.1 Å². The zero-order valence-electron chi connectivity index (χ0n) is 15.8. The molecule has 0 saturated carbocycles. The smallest absolute Gasteiger partial charge is 0.321 e. The molecule has 148 valence electrons. The summed E-state index contributed by atoms with van der Waals surface area (Å²) in [5, 5.41) is 0. The molecule has 0 spiro atoms. The van der Waals surface area contributed by atoms with Crippen molar-refractivity contribution < 1.29 is 22.7 Å². The molecule has 0 atom stereocenters. The van der Waals surface area contributed by atoms with Crippen LogP contribution in [0, 0.1) is 0 Å². The lowest BCUT2D eigenvalue weighted by Gasteiger charge is -2.22. The van der Waals surface area contributed by atoms with Gasteiger partial charge in [-0.3, -0.25) is 9.59 Å². The summed E-state index contributed by atoms with van der Waals surface area (Å²) in [5.41, 5.74) is 2.29. The Morgan fingerprint density at radius 2 is 1.86 bits per heavy atom. The third-order valence-electron chi connectivity index (χ3n) is 4.70. The molecule has 0 N–H and O–H groups in total. The van der Waals surface area contributed by atoms with Crippen molar-refractivity contribution in [1.82, 2.24) is 4.31 Å². The molecule has 1 amide bonds. The average Bonchev–Trinajstić information content (AvgIpc) is 3.11. The summed E-state index contributed by atoms with van der Waals surface area (Å²) in [5.74, 6) is -0.714. The maximum atomic E-state index is 13.2. The van der Waals surface area contributed by atoms with Crippen LogP contribution in [0.2, 0.25) is 0 Å². The fourth-order valence-corrected chi connectivity index (χ4v) is 4.66. The molecule has 0 bridgehead atoms. The van der Waals surface area contributed by atoms with Crippen molar-refractivity contribution in [2.45, 2.75) is 24.8 Å². The number of benzene rings is 2. The van der Waals surface area contributed by atoms with Crippen LogP contribution >= 0.6 is 0 Å². The Morgan fingerprint density at radius 3 is 2.50 bits per heavy atom. The maximum Gasteiger partial charge on any atom is 0.321 e. The molecular weight excluding hydrogens is 380 g/mol. The number of hydrogen-bond donors (Lipinski definition) is 0. The Balaban J connectivity index is 1.95. The number of carbonyl (C=O) groups excluding carboxylic acids is 2. The Kier molecular flexibility index (Phi) is 5.81. The number of nitrogens with zero attached hydrogens (tertiary/aromatic N) is 2. The molecule has 28 heavy (non-hydrogen) atoms. The summed E-state index contributed by atoms with van der Waals surface area (Å²) < 4.78 is 32.3. The first kappa shape index (κ1) is 20.0. The highest BCUT2D eigenvalue weighted by molar-refractivity contribution is 7.89. The Labute approximate surface area is 164 Å². The van der Waals surface area contributed by atoms with Crippen LogP contribution in [0.1, 0.15) is 18.1 Å². The Morgan fingerprint density at radius 1 is 1.14 bits per heavy atom. The van der Waals surface area contributed by atoms with E-state index in [-0.39, 0.29) is 23.9 Å². The molecule has 0 saturated heterocycles. The molecule has 8 heteroatoms. The molecule has 1 aliphatic heterocycles. The standard InChI is InChI=1S/C20H22N2O5S/c1-15(23)22-11-10-17-12-18(8-9-19(17)22)28(25,26)21(14-20(24)27-2)13-16-6-4-3-5-7-16/h3-9,12H,10-11,13-14H2,1-2H3. The fourth-order valence-electron chi connectivity index (χ4n) is 3.24. The molecule has 2 aromatic carbocycles. The van der Waals surface area contributed by atoms with Gasteiger partial charge >= 0.3 is 5.97 Å². The van der Waals surface area contributed by atoms with E-state index in [1.54, 1.807) is 29.2 Å². The second-order valence-corrected chi connectivity index (χ2v) is 8.48. The zero-order valence-corrected chi connectivity index (χ0v) is 16.6. The Hall–Kier alpha value is -2.71. The van der Waals surface area contributed by atoms with Gasteiger partial charge in [0.05, 0.1) is 12.0 Å². The number of hydrogen-bond acceptors (Lipinski definition) is 5. The van der Waals surface area contributed by atoms with E-state index in [4.69, 9.17) is 0 Å². The first-order valence-corrected chi connectivity index (χ1v) is 10.3. The lowest BCUT2D eigenvalue weighted by atomic mass is 10.2. The summed E-state index contributed by atoms with van der Waals surface area (Å²) in [6.07, 6.45) is 0.591. The highest BCUT2D eigenvalue weighted by atomic mass is 32.2. The number of esters is 1. The molecule has 0 fully saturated rings. The van der Waals surface area contributed by atoms with Gasteiger partial charge in [-0.1, -0.05) is 30.3 Å². The third-order valence-corrected chi connectivity index (χ3v) is 6.49. The predicted octanol–water partition coefficient (Wildman–Crippen LogP) is 1.96. The minimum Gasteiger partial charge on any atom is -0.468 e. The molecular formula is C20H22N2O5S. The van der Waals surface area contributed by atoms with E-state index in [9.17, 15) is 18.0 Å². The highest BCUT2D eigenvalue weighted by Crippen LogP contribution is 2.31. The van der Waals surface area contributed by atoms with Gasteiger partial charge in [0.1, 0.15) is 6.54 Å². The molecule has 0 radical (unpaired) electrons. The summed E-state index contributed by atoms with van der Waals surface area (Å²) in [6, 6.07) is 13.8. The van der Waals surface area contributed by atoms with E-state index in [2.05, 4.69) is 4.74 Å². The number of sulfonamides is 1. The monoisotopic (exact) mass is 402 g/mol. The molecule has 7 nitrogen and oxygen atoms in total. The Bertz CT molecular complexity index is 989. The van der Waals surface area contributed by atoms with Gasteiger partial charge in [-0.2, -0.15) is 4.31 Å². The number of methoxy groups -OCH3 is 1. The number of fused-ring (bicyclic) bond motifs is 1. The molecule has 0 unspecified atom stereocenters. The zero-order chi connectivity index (χ0) is 20.3.